The van der Waals surface area contributed by atoms with Gasteiger partial charge in [0.05, 0.1) is 0 Å². The van der Waals surface area contributed by atoms with Gasteiger partial charge in [-0.2, -0.15) is 0 Å². The monoisotopic (exact) mass is 324 g/mol. The van der Waals surface area contributed by atoms with Crippen molar-refractivity contribution in [3.05, 3.63) is 60.2 Å². The van der Waals surface area contributed by atoms with E-state index in [0.29, 0.717) is 30.8 Å². The van der Waals surface area contributed by atoms with Gasteiger partial charge in [0, 0.05) is 37.3 Å². The Kier molecular flexibility index (Phi) is 4.79. The summed E-state index contributed by atoms with van der Waals surface area (Å²) in [5.41, 5.74) is 1.64. The van der Waals surface area contributed by atoms with Crippen molar-refractivity contribution < 1.29 is 14.3 Å². The Balaban J connectivity index is 1.59. The van der Waals surface area contributed by atoms with E-state index >= 15 is 0 Å². The van der Waals surface area contributed by atoms with E-state index in [2.05, 4.69) is 5.32 Å². The molecule has 1 aliphatic rings. The zero-order valence-electron chi connectivity index (χ0n) is 13.6. The summed E-state index contributed by atoms with van der Waals surface area (Å²) in [5.74, 6) is 0.418. The van der Waals surface area contributed by atoms with Gasteiger partial charge in [0.2, 0.25) is 0 Å². The van der Waals surface area contributed by atoms with Gasteiger partial charge in [-0.1, -0.05) is 18.2 Å². The van der Waals surface area contributed by atoms with Gasteiger partial charge in [-0.25, -0.2) is 4.79 Å². The van der Waals surface area contributed by atoms with Crippen LogP contribution in [0.2, 0.25) is 0 Å². The van der Waals surface area contributed by atoms with Gasteiger partial charge < -0.3 is 15.0 Å². The summed E-state index contributed by atoms with van der Waals surface area (Å²) in [5, 5.41) is 3.03. The fraction of sp³-hybridized carbons (Fsp3) is 0.263. The highest BCUT2D eigenvalue weighted by atomic mass is 16.6. The number of Topliss-reactive ketones (excluding diaryl/α,β-unsaturated/α-hetero) is 1. The quantitative estimate of drug-likeness (QED) is 0.875. The van der Waals surface area contributed by atoms with Crippen LogP contribution in [0.5, 0.6) is 5.75 Å². The molecule has 5 heteroatoms. The number of nitrogens with one attached hydrogen (secondary N) is 1. The molecule has 0 aromatic heterocycles. The second kappa shape index (κ2) is 7.17. The fourth-order valence-electron chi connectivity index (χ4n) is 2.83. The molecule has 1 N–H and O–H groups in total. The second-order valence-corrected chi connectivity index (χ2v) is 5.80. The number of para-hydroxylation sites is 1. The highest BCUT2D eigenvalue weighted by Crippen LogP contribution is 2.23. The van der Waals surface area contributed by atoms with Crippen molar-refractivity contribution in [2.75, 3.05) is 25.5 Å². The molecule has 0 radical (unpaired) electrons. The summed E-state index contributed by atoms with van der Waals surface area (Å²) in [6, 6.07) is 16.4. The van der Waals surface area contributed by atoms with Gasteiger partial charge in [-0.15, -0.1) is 0 Å². The Morgan fingerprint density at radius 2 is 1.79 bits per heavy atom. The van der Waals surface area contributed by atoms with Crippen molar-refractivity contribution in [1.29, 1.82) is 0 Å². The molecule has 5 nitrogen and oxygen atoms in total. The normalized spacial score (nSPS) is 16.7. The zero-order chi connectivity index (χ0) is 16.9. The van der Waals surface area contributed by atoms with E-state index in [1.807, 2.05) is 49.5 Å². The number of ether oxygens (including phenoxy) is 1. The average Bonchev–Trinajstić information content (AvgIpc) is 3.12. The first-order valence-corrected chi connectivity index (χ1v) is 8.01. The second-order valence-electron chi connectivity index (χ2n) is 5.80. The maximum Gasteiger partial charge on any atom is 0.415 e. The Bertz CT molecular complexity index is 713. The van der Waals surface area contributed by atoms with Crippen LogP contribution >= 0.6 is 0 Å². The number of nitrogens with zero attached hydrogens (tertiary/aromatic N) is 1. The molecule has 1 amide bonds. The molecule has 2 aromatic rings. The van der Waals surface area contributed by atoms with E-state index in [4.69, 9.17) is 4.74 Å². The van der Waals surface area contributed by atoms with Crippen LogP contribution < -0.4 is 10.1 Å². The summed E-state index contributed by atoms with van der Waals surface area (Å²) < 4.78 is 5.33. The number of hydrogen-bond acceptors (Lipinski definition) is 4. The van der Waals surface area contributed by atoms with Crippen molar-refractivity contribution >= 4 is 17.6 Å². The molecular formula is C19H20N2O3. The number of hydrogen-bond donors (Lipinski definition) is 1. The molecule has 0 saturated carbocycles. The molecule has 0 bridgehead atoms. The van der Waals surface area contributed by atoms with Crippen molar-refractivity contribution in [1.82, 2.24) is 4.90 Å². The van der Waals surface area contributed by atoms with Gasteiger partial charge >= 0.3 is 6.09 Å². The molecule has 1 aliphatic heterocycles. The Hall–Kier alpha value is -2.82. The maximum absolute atomic E-state index is 12.6. The van der Waals surface area contributed by atoms with Crippen molar-refractivity contribution in [3.63, 3.8) is 0 Å². The first-order valence-electron chi connectivity index (χ1n) is 8.01. The molecule has 1 atom stereocenters. The molecule has 0 spiro atoms. The molecule has 1 fully saturated rings. The molecule has 0 aliphatic carbocycles. The summed E-state index contributed by atoms with van der Waals surface area (Å²) in [6.45, 7) is 0.939. The zero-order valence-corrected chi connectivity index (χ0v) is 13.6. The standard InChI is InChI=1S/C19H20N2O3/c1-20-16-9-7-14(8-10-16)18(22)15-11-12-21(13-15)19(23)24-17-5-3-2-4-6-17/h2-10,15,20H,11-13H2,1H3. The third-order valence-corrected chi connectivity index (χ3v) is 4.22. The lowest BCUT2D eigenvalue weighted by molar-refractivity contribution is 0.0923. The minimum atomic E-state index is -0.401. The first kappa shape index (κ1) is 16.1. The minimum absolute atomic E-state index is 0.0765. The fourth-order valence-corrected chi connectivity index (χ4v) is 2.83. The molecule has 24 heavy (non-hydrogen) atoms. The number of anilines is 1. The number of rotatable bonds is 4. The van der Waals surface area contributed by atoms with E-state index in [9.17, 15) is 9.59 Å². The van der Waals surface area contributed by atoms with Gasteiger partial charge in [-0.05, 0) is 42.8 Å². The van der Waals surface area contributed by atoms with Crippen LogP contribution in [0.4, 0.5) is 10.5 Å². The molecule has 1 heterocycles. The van der Waals surface area contributed by atoms with E-state index in [1.54, 1.807) is 17.0 Å². The minimum Gasteiger partial charge on any atom is -0.410 e. The molecule has 3 rings (SSSR count). The number of ketones is 1. The number of carbonyl (C=O) groups excluding carboxylic acids is 2. The lowest BCUT2D eigenvalue weighted by Gasteiger charge is -2.16. The number of amides is 1. The third-order valence-electron chi connectivity index (χ3n) is 4.22. The predicted octanol–water partition coefficient (Wildman–Crippen LogP) is 3.43. The number of likely N-dealkylation sites (tertiary alicyclic amines) is 1. The van der Waals surface area contributed by atoms with Crippen LogP contribution in [-0.4, -0.2) is 36.9 Å². The lowest BCUT2D eigenvalue weighted by atomic mass is 9.97. The van der Waals surface area contributed by atoms with Gasteiger partial charge in [0.25, 0.3) is 0 Å². The van der Waals surface area contributed by atoms with Crippen LogP contribution in [0.1, 0.15) is 16.8 Å². The van der Waals surface area contributed by atoms with Gasteiger partial charge in [-0.3, -0.25) is 4.79 Å². The van der Waals surface area contributed by atoms with Crippen molar-refractivity contribution in [2.24, 2.45) is 5.92 Å². The SMILES string of the molecule is CNc1ccc(C(=O)C2CCN(C(=O)Oc3ccccc3)C2)cc1. The van der Waals surface area contributed by atoms with E-state index < -0.39 is 6.09 Å². The van der Waals surface area contributed by atoms with Gasteiger partial charge in [0.1, 0.15) is 5.75 Å². The molecule has 2 aromatic carbocycles. The molecular weight excluding hydrogens is 304 g/mol. The van der Waals surface area contributed by atoms with Crippen molar-refractivity contribution in [3.8, 4) is 5.75 Å². The van der Waals surface area contributed by atoms with E-state index in [0.717, 1.165) is 5.69 Å². The van der Waals surface area contributed by atoms with Gasteiger partial charge in [0.15, 0.2) is 5.78 Å². The molecule has 1 saturated heterocycles. The topological polar surface area (TPSA) is 58.6 Å². The van der Waals surface area contributed by atoms with E-state index in [-0.39, 0.29) is 11.7 Å². The Morgan fingerprint density at radius 1 is 1.08 bits per heavy atom. The van der Waals surface area contributed by atoms with Crippen LogP contribution in [0, 0.1) is 5.92 Å². The summed E-state index contributed by atoms with van der Waals surface area (Å²) in [7, 11) is 1.84. The maximum atomic E-state index is 12.6. The van der Waals surface area contributed by atoms with Crippen LogP contribution in [-0.2, 0) is 0 Å². The summed E-state index contributed by atoms with van der Waals surface area (Å²) in [6.07, 6.45) is 0.262. The average molecular weight is 324 g/mol. The highest BCUT2D eigenvalue weighted by Gasteiger charge is 2.32. The van der Waals surface area contributed by atoms with Crippen LogP contribution in [0.25, 0.3) is 0 Å². The number of carbonyl (C=O) groups is 2. The van der Waals surface area contributed by atoms with Crippen molar-refractivity contribution in [2.45, 2.75) is 6.42 Å². The Morgan fingerprint density at radius 3 is 2.46 bits per heavy atom. The highest BCUT2D eigenvalue weighted by molar-refractivity contribution is 5.98. The van der Waals surface area contributed by atoms with Crippen LogP contribution in [0.15, 0.2) is 54.6 Å². The lowest BCUT2D eigenvalue weighted by Crippen LogP contribution is -2.32. The molecule has 1 unspecified atom stereocenters. The largest absolute Gasteiger partial charge is 0.415 e. The van der Waals surface area contributed by atoms with E-state index in [1.165, 1.54) is 0 Å². The Labute approximate surface area is 141 Å². The van der Waals surface area contributed by atoms with Crippen LogP contribution in [0.3, 0.4) is 0 Å². The summed E-state index contributed by atoms with van der Waals surface area (Å²) in [4.78, 5) is 26.4. The number of benzene rings is 2. The first-order chi connectivity index (χ1) is 11.7. The third kappa shape index (κ3) is 3.56. The summed E-state index contributed by atoms with van der Waals surface area (Å²) >= 11 is 0. The molecule has 124 valence electrons. The smallest absolute Gasteiger partial charge is 0.410 e. The predicted molar refractivity (Wildman–Crippen MR) is 92.5 cm³/mol.